The molecule has 0 fully saturated rings. The molecule has 7 heteroatoms. The molecular weight excluding hydrogens is 281 g/mol. The van der Waals surface area contributed by atoms with Gasteiger partial charge in [0, 0.05) is 6.42 Å². The summed E-state index contributed by atoms with van der Waals surface area (Å²) in [6, 6.07) is 3.23. The standard InChI is InChI=1S/C12H11F3O3S/c1-7(16)5-9-6-8-3-2-4-10(12(13,14)15)11(8)19(9,17)18/h2-4,6-7,16H,5H2,1H3. The zero-order valence-electron chi connectivity index (χ0n) is 9.90. The van der Waals surface area contributed by atoms with E-state index >= 15 is 0 Å². The van der Waals surface area contributed by atoms with E-state index in [1.54, 1.807) is 0 Å². The van der Waals surface area contributed by atoms with E-state index in [4.69, 9.17) is 0 Å². The summed E-state index contributed by atoms with van der Waals surface area (Å²) in [4.78, 5) is -0.896. The molecule has 1 aromatic rings. The Morgan fingerprint density at radius 3 is 2.47 bits per heavy atom. The van der Waals surface area contributed by atoms with Gasteiger partial charge >= 0.3 is 6.18 Å². The van der Waals surface area contributed by atoms with Crippen LogP contribution in [0.2, 0.25) is 0 Å². The molecule has 0 bridgehead atoms. The fraction of sp³-hybridized carbons (Fsp3) is 0.333. The minimum Gasteiger partial charge on any atom is -0.393 e. The van der Waals surface area contributed by atoms with Gasteiger partial charge in [-0.25, -0.2) is 8.42 Å². The van der Waals surface area contributed by atoms with E-state index < -0.39 is 32.6 Å². The number of sulfone groups is 1. The number of alkyl halides is 3. The molecule has 2 rings (SSSR count). The third kappa shape index (κ3) is 2.40. The molecule has 0 saturated carbocycles. The molecule has 0 aromatic heterocycles. The highest BCUT2D eigenvalue weighted by Crippen LogP contribution is 2.43. The van der Waals surface area contributed by atoms with Crippen LogP contribution in [0.3, 0.4) is 0 Å². The second-order valence-corrected chi connectivity index (χ2v) is 6.33. The topological polar surface area (TPSA) is 54.4 Å². The van der Waals surface area contributed by atoms with E-state index in [0.29, 0.717) is 0 Å². The van der Waals surface area contributed by atoms with Gasteiger partial charge in [-0.2, -0.15) is 13.2 Å². The summed E-state index contributed by atoms with van der Waals surface area (Å²) in [5, 5.41) is 9.23. The van der Waals surface area contributed by atoms with E-state index in [2.05, 4.69) is 0 Å². The van der Waals surface area contributed by atoms with Gasteiger partial charge in [-0.1, -0.05) is 12.1 Å². The summed E-state index contributed by atoms with van der Waals surface area (Å²) in [7, 11) is -4.17. The summed E-state index contributed by atoms with van der Waals surface area (Å²) < 4.78 is 62.7. The molecular formula is C12H11F3O3S. The summed E-state index contributed by atoms with van der Waals surface area (Å²) in [6.07, 6.45) is -4.68. The third-order valence-electron chi connectivity index (χ3n) is 2.78. The Hall–Kier alpha value is -1.34. The van der Waals surface area contributed by atoms with Crippen LogP contribution < -0.4 is 0 Å². The van der Waals surface area contributed by atoms with Crippen LogP contribution in [-0.2, 0) is 16.0 Å². The largest absolute Gasteiger partial charge is 0.417 e. The number of rotatable bonds is 2. The smallest absolute Gasteiger partial charge is 0.393 e. The highest BCUT2D eigenvalue weighted by molar-refractivity contribution is 7.95. The van der Waals surface area contributed by atoms with E-state index in [1.807, 2.05) is 0 Å². The normalized spacial score (nSPS) is 18.9. The summed E-state index contributed by atoms with van der Waals surface area (Å²) in [6.45, 7) is 1.38. The van der Waals surface area contributed by atoms with Crippen LogP contribution >= 0.6 is 0 Å². The van der Waals surface area contributed by atoms with Crippen molar-refractivity contribution in [2.24, 2.45) is 0 Å². The molecule has 0 saturated heterocycles. The summed E-state index contributed by atoms with van der Waals surface area (Å²) in [5.74, 6) is 0. The Balaban J connectivity index is 2.63. The van der Waals surface area contributed by atoms with Crippen molar-refractivity contribution in [2.45, 2.75) is 30.5 Å². The molecule has 3 nitrogen and oxygen atoms in total. The Kier molecular flexibility index (Phi) is 3.22. The first kappa shape index (κ1) is 14.1. The lowest BCUT2D eigenvalue weighted by molar-refractivity contribution is -0.139. The van der Waals surface area contributed by atoms with Crippen LogP contribution in [0.4, 0.5) is 13.2 Å². The molecule has 1 heterocycles. The molecule has 1 N–H and O–H groups in total. The third-order valence-corrected chi connectivity index (χ3v) is 4.75. The fourth-order valence-electron chi connectivity index (χ4n) is 2.03. The molecule has 19 heavy (non-hydrogen) atoms. The number of hydrogen-bond donors (Lipinski definition) is 1. The van der Waals surface area contributed by atoms with E-state index in [9.17, 15) is 26.7 Å². The zero-order chi connectivity index (χ0) is 14.4. The minimum absolute atomic E-state index is 0.0190. The van der Waals surface area contributed by atoms with Crippen LogP contribution in [0.25, 0.3) is 6.08 Å². The van der Waals surface area contributed by atoms with Gasteiger partial charge in [0.1, 0.15) is 0 Å². The van der Waals surface area contributed by atoms with Gasteiger partial charge in [0.2, 0.25) is 9.84 Å². The number of fused-ring (bicyclic) bond motifs is 1. The van der Waals surface area contributed by atoms with E-state index in [0.717, 1.165) is 6.07 Å². The van der Waals surface area contributed by atoms with Gasteiger partial charge in [-0.3, -0.25) is 0 Å². The Morgan fingerprint density at radius 2 is 1.95 bits per heavy atom. The van der Waals surface area contributed by atoms with Crippen LogP contribution in [0.5, 0.6) is 0 Å². The van der Waals surface area contributed by atoms with E-state index in [-0.39, 0.29) is 16.9 Å². The maximum atomic E-state index is 12.8. The van der Waals surface area contributed by atoms with Gasteiger partial charge in [-0.15, -0.1) is 0 Å². The molecule has 1 aromatic carbocycles. The predicted molar refractivity (Wildman–Crippen MR) is 62.9 cm³/mol. The number of halogens is 3. The number of aliphatic hydroxyl groups excluding tert-OH is 1. The SMILES string of the molecule is CC(O)CC1=Cc2cccc(C(F)(F)F)c2S1(=O)=O. The first-order chi connectivity index (χ1) is 8.64. The predicted octanol–water partition coefficient (Wildman–Crippen LogP) is 2.60. The molecule has 1 aliphatic heterocycles. The van der Waals surface area contributed by atoms with Crippen LogP contribution in [0.15, 0.2) is 28.0 Å². The van der Waals surface area contributed by atoms with Crippen molar-refractivity contribution in [2.75, 3.05) is 0 Å². The summed E-state index contributed by atoms with van der Waals surface area (Å²) >= 11 is 0. The molecule has 0 radical (unpaired) electrons. The Bertz CT molecular complexity index is 643. The van der Waals surface area contributed by atoms with Crippen molar-refractivity contribution in [3.63, 3.8) is 0 Å². The summed E-state index contributed by atoms with van der Waals surface area (Å²) in [5.41, 5.74) is -1.15. The zero-order valence-corrected chi connectivity index (χ0v) is 10.7. The average molecular weight is 292 g/mol. The van der Waals surface area contributed by atoms with Crippen molar-refractivity contribution in [1.82, 2.24) is 0 Å². The molecule has 0 aliphatic carbocycles. The molecule has 104 valence electrons. The van der Waals surface area contributed by atoms with E-state index in [1.165, 1.54) is 25.1 Å². The quantitative estimate of drug-likeness (QED) is 0.911. The van der Waals surface area contributed by atoms with Crippen LogP contribution in [-0.4, -0.2) is 19.6 Å². The van der Waals surface area contributed by atoms with Crippen molar-refractivity contribution >= 4 is 15.9 Å². The maximum absolute atomic E-state index is 12.8. The van der Waals surface area contributed by atoms with Crippen molar-refractivity contribution < 1.29 is 26.7 Å². The monoisotopic (exact) mass is 292 g/mol. The lowest BCUT2D eigenvalue weighted by atomic mass is 10.1. The first-order valence-electron chi connectivity index (χ1n) is 5.48. The Labute approximate surface area is 108 Å². The van der Waals surface area contributed by atoms with Crippen LogP contribution in [0.1, 0.15) is 24.5 Å². The lowest BCUT2D eigenvalue weighted by Gasteiger charge is -2.12. The number of benzene rings is 1. The van der Waals surface area contributed by atoms with Gasteiger partial charge in [0.25, 0.3) is 0 Å². The molecule has 1 aliphatic rings. The Morgan fingerprint density at radius 1 is 1.32 bits per heavy atom. The lowest BCUT2D eigenvalue weighted by Crippen LogP contribution is -2.14. The first-order valence-corrected chi connectivity index (χ1v) is 6.96. The van der Waals surface area contributed by atoms with Gasteiger partial charge in [0.15, 0.2) is 0 Å². The van der Waals surface area contributed by atoms with Gasteiger partial charge in [0.05, 0.1) is 21.5 Å². The second-order valence-electron chi connectivity index (χ2n) is 4.39. The average Bonchev–Trinajstić information content (AvgIpc) is 2.49. The molecule has 1 atom stereocenters. The van der Waals surface area contributed by atoms with Gasteiger partial charge in [-0.05, 0) is 24.6 Å². The second kappa shape index (κ2) is 4.35. The number of aliphatic hydroxyl groups is 1. The van der Waals surface area contributed by atoms with Gasteiger partial charge < -0.3 is 5.11 Å². The minimum atomic E-state index is -4.73. The van der Waals surface area contributed by atoms with Crippen LogP contribution in [0, 0.1) is 0 Å². The maximum Gasteiger partial charge on any atom is 0.417 e. The fourth-order valence-corrected chi connectivity index (χ4v) is 3.95. The molecule has 0 spiro atoms. The highest BCUT2D eigenvalue weighted by atomic mass is 32.2. The van der Waals surface area contributed by atoms with Crippen molar-refractivity contribution in [1.29, 1.82) is 0 Å². The van der Waals surface area contributed by atoms with Crippen molar-refractivity contribution in [3.8, 4) is 0 Å². The number of hydrogen-bond acceptors (Lipinski definition) is 3. The molecule has 0 amide bonds. The molecule has 1 unspecified atom stereocenters. The highest BCUT2D eigenvalue weighted by Gasteiger charge is 2.41. The van der Waals surface area contributed by atoms with Crippen molar-refractivity contribution in [3.05, 3.63) is 34.2 Å².